The smallest absolute Gasteiger partial charge is 0.124 e. The van der Waals surface area contributed by atoms with Crippen LogP contribution in [0.5, 0.6) is 0 Å². The first-order chi connectivity index (χ1) is 7.66. The summed E-state index contributed by atoms with van der Waals surface area (Å²) >= 11 is 4.58. The Bertz CT molecular complexity index is 475. The largest absolute Gasteiger partial charge is 0.322 e. The Labute approximate surface area is 105 Å². The summed E-state index contributed by atoms with van der Waals surface area (Å²) in [6.07, 6.45) is 0.603. The summed E-state index contributed by atoms with van der Waals surface area (Å²) in [4.78, 5) is 0. The van der Waals surface area contributed by atoms with Crippen molar-refractivity contribution in [2.45, 2.75) is 12.5 Å². The molecule has 0 radical (unpaired) electrons. The number of aromatic nitrogens is 2. The van der Waals surface area contributed by atoms with Gasteiger partial charge < -0.3 is 5.73 Å². The van der Waals surface area contributed by atoms with Gasteiger partial charge in [-0.15, -0.1) is 5.10 Å². The molecule has 0 saturated heterocycles. The topological polar surface area (TPSA) is 51.8 Å². The molecule has 0 spiro atoms. The molecule has 1 heterocycles. The molecule has 6 heteroatoms. The molecule has 1 atom stereocenters. The summed E-state index contributed by atoms with van der Waals surface area (Å²) < 4.78 is 17.4. The molecule has 3 nitrogen and oxygen atoms in total. The van der Waals surface area contributed by atoms with E-state index in [0.29, 0.717) is 6.42 Å². The number of rotatable bonds is 3. The normalized spacial score (nSPS) is 12.7. The number of nitrogens with zero attached hydrogens (tertiary/aromatic N) is 2. The van der Waals surface area contributed by atoms with E-state index in [2.05, 4.69) is 25.5 Å². The van der Waals surface area contributed by atoms with Crippen LogP contribution in [0.1, 0.15) is 17.3 Å². The van der Waals surface area contributed by atoms with E-state index in [1.807, 2.05) is 5.38 Å². The monoisotopic (exact) mass is 301 g/mol. The molecule has 0 aliphatic rings. The third-order valence-electron chi connectivity index (χ3n) is 2.21. The lowest BCUT2D eigenvalue weighted by Crippen LogP contribution is -2.14. The molecule has 0 saturated carbocycles. The maximum atomic E-state index is 12.9. The zero-order valence-electron chi connectivity index (χ0n) is 8.23. The molecule has 0 fully saturated rings. The first kappa shape index (κ1) is 11.6. The number of hydrogen-bond donors (Lipinski definition) is 1. The third-order valence-corrected chi connectivity index (χ3v) is 3.47. The van der Waals surface area contributed by atoms with Gasteiger partial charge in [-0.25, -0.2) is 4.39 Å². The molecule has 0 amide bonds. The average molecular weight is 302 g/mol. The van der Waals surface area contributed by atoms with Crippen LogP contribution in [0.3, 0.4) is 0 Å². The van der Waals surface area contributed by atoms with Crippen molar-refractivity contribution in [1.82, 2.24) is 9.59 Å². The van der Waals surface area contributed by atoms with E-state index >= 15 is 0 Å². The molecule has 0 aliphatic carbocycles. The zero-order chi connectivity index (χ0) is 11.5. The van der Waals surface area contributed by atoms with Crippen molar-refractivity contribution in [3.63, 3.8) is 0 Å². The van der Waals surface area contributed by atoms with Crippen LogP contribution >= 0.6 is 27.5 Å². The fourth-order valence-electron chi connectivity index (χ4n) is 1.36. The van der Waals surface area contributed by atoms with Crippen LogP contribution in [0.4, 0.5) is 4.39 Å². The van der Waals surface area contributed by atoms with E-state index < -0.39 is 0 Å². The van der Waals surface area contributed by atoms with Gasteiger partial charge in [-0.2, -0.15) is 0 Å². The summed E-state index contributed by atoms with van der Waals surface area (Å²) in [5.41, 5.74) is 7.69. The number of benzene rings is 1. The van der Waals surface area contributed by atoms with Crippen LogP contribution in [0.15, 0.2) is 28.1 Å². The minimum absolute atomic E-state index is 0.208. The fourth-order valence-corrected chi connectivity index (χ4v) is 2.39. The molecular formula is C10H9BrFN3S. The maximum Gasteiger partial charge on any atom is 0.124 e. The summed E-state index contributed by atoms with van der Waals surface area (Å²) in [5, 5.41) is 5.74. The first-order valence-corrected chi connectivity index (χ1v) is 6.26. The number of hydrogen-bond acceptors (Lipinski definition) is 4. The van der Waals surface area contributed by atoms with Crippen molar-refractivity contribution < 1.29 is 4.39 Å². The second kappa shape index (κ2) is 4.99. The molecule has 1 aromatic carbocycles. The van der Waals surface area contributed by atoms with Crippen LogP contribution in [0, 0.1) is 5.82 Å². The van der Waals surface area contributed by atoms with Crippen LogP contribution in [-0.2, 0) is 6.42 Å². The zero-order valence-corrected chi connectivity index (χ0v) is 10.6. The SMILES string of the molecule is NC(Cc1ccc(F)cc1Br)c1csnn1. The molecular weight excluding hydrogens is 293 g/mol. The van der Waals surface area contributed by atoms with Gasteiger partial charge in [0.25, 0.3) is 0 Å². The van der Waals surface area contributed by atoms with Gasteiger partial charge in [-0.1, -0.05) is 26.5 Å². The van der Waals surface area contributed by atoms with E-state index in [0.717, 1.165) is 15.7 Å². The molecule has 2 aromatic rings. The Morgan fingerprint density at radius 1 is 1.50 bits per heavy atom. The molecule has 2 rings (SSSR count). The van der Waals surface area contributed by atoms with Crippen molar-refractivity contribution in [2.24, 2.45) is 5.73 Å². The standard InChI is InChI=1S/C10H9BrFN3S/c11-8-4-7(12)2-1-6(8)3-9(13)10-5-16-15-14-10/h1-2,4-5,9H,3,13H2. The highest BCUT2D eigenvalue weighted by atomic mass is 79.9. The number of halogens is 2. The number of nitrogens with two attached hydrogens (primary N) is 1. The Balaban J connectivity index is 2.15. The van der Waals surface area contributed by atoms with E-state index in [-0.39, 0.29) is 11.9 Å². The fraction of sp³-hybridized carbons (Fsp3) is 0.200. The van der Waals surface area contributed by atoms with E-state index in [9.17, 15) is 4.39 Å². The van der Waals surface area contributed by atoms with Gasteiger partial charge in [0.15, 0.2) is 0 Å². The van der Waals surface area contributed by atoms with Crippen LogP contribution in [0.2, 0.25) is 0 Å². The van der Waals surface area contributed by atoms with Crippen LogP contribution in [0.25, 0.3) is 0 Å². The highest BCUT2D eigenvalue weighted by Crippen LogP contribution is 2.22. The van der Waals surface area contributed by atoms with Crippen molar-refractivity contribution in [1.29, 1.82) is 0 Å². The van der Waals surface area contributed by atoms with E-state index in [1.165, 1.54) is 23.7 Å². The lowest BCUT2D eigenvalue weighted by molar-refractivity contribution is 0.623. The van der Waals surface area contributed by atoms with Crippen molar-refractivity contribution >= 4 is 27.5 Å². The minimum atomic E-state index is -0.264. The van der Waals surface area contributed by atoms with Gasteiger partial charge in [-0.05, 0) is 35.6 Å². The van der Waals surface area contributed by atoms with Crippen molar-refractivity contribution in [3.8, 4) is 0 Å². The average Bonchev–Trinajstić information content (AvgIpc) is 2.75. The van der Waals surface area contributed by atoms with Gasteiger partial charge >= 0.3 is 0 Å². The first-order valence-electron chi connectivity index (χ1n) is 4.63. The highest BCUT2D eigenvalue weighted by Gasteiger charge is 2.12. The van der Waals surface area contributed by atoms with Gasteiger partial charge in [-0.3, -0.25) is 0 Å². The predicted molar refractivity (Wildman–Crippen MR) is 64.6 cm³/mol. The second-order valence-corrected chi connectivity index (χ2v) is 4.84. The van der Waals surface area contributed by atoms with Gasteiger partial charge in [0.05, 0.1) is 11.7 Å². The lowest BCUT2D eigenvalue weighted by atomic mass is 10.0. The Kier molecular flexibility index (Phi) is 3.63. The van der Waals surface area contributed by atoms with Gasteiger partial charge in [0.1, 0.15) is 5.82 Å². The van der Waals surface area contributed by atoms with Crippen LogP contribution in [-0.4, -0.2) is 9.59 Å². The maximum absolute atomic E-state index is 12.9. The van der Waals surface area contributed by atoms with Crippen molar-refractivity contribution in [3.05, 3.63) is 45.1 Å². The second-order valence-electron chi connectivity index (χ2n) is 3.38. The summed E-state index contributed by atoms with van der Waals surface area (Å²) in [6.45, 7) is 0. The summed E-state index contributed by atoms with van der Waals surface area (Å²) in [7, 11) is 0. The van der Waals surface area contributed by atoms with Crippen LogP contribution < -0.4 is 5.73 Å². The molecule has 1 aromatic heterocycles. The van der Waals surface area contributed by atoms with Gasteiger partial charge in [0.2, 0.25) is 0 Å². The lowest BCUT2D eigenvalue weighted by Gasteiger charge is -2.09. The highest BCUT2D eigenvalue weighted by molar-refractivity contribution is 9.10. The summed E-state index contributed by atoms with van der Waals surface area (Å²) in [5.74, 6) is -0.264. The van der Waals surface area contributed by atoms with E-state index in [4.69, 9.17) is 5.73 Å². The molecule has 84 valence electrons. The Morgan fingerprint density at radius 3 is 2.94 bits per heavy atom. The predicted octanol–water partition coefficient (Wildman–Crippen LogP) is 2.68. The summed E-state index contributed by atoms with van der Waals surface area (Å²) in [6, 6.07) is 4.37. The Morgan fingerprint density at radius 2 is 2.31 bits per heavy atom. The minimum Gasteiger partial charge on any atom is -0.322 e. The molecule has 0 aliphatic heterocycles. The molecule has 1 unspecified atom stereocenters. The van der Waals surface area contributed by atoms with Gasteiger partial charge in [0, 0.05) is 9.85 Å². The quantitative estimate of drug-likeness (QED) is 0.948. The molecule has 0 bridgehead atoms. The molecule has 2 N–H and O–H groups in total. The third kappa shape index (κ3) is 2.63. The Hall–Kier alpha value is -0.850. The molecule has 16 heavy (non-hydrogen) atoms. The van der Waals surface area contributed by atoms with E-state index in [1.54, 1.807) is 6.07 Å². The van der Waals surface area contributed by atoms with Crippen molar-refractivity contribution in [2.75, 3.05) is 0 Å².